The molecule has 26 heavy (non-hydrogen) atoms. The smallest absolute Gasteiger partial charge is 0.191 e. The Morgan fingerprint density at radius 1 is 1.31 bits per heavy atom. The maximum Gasteiger partial charge on any atom is 0.191 e. The van der Waals surface area contributed by atoms with Gasteiger partial charge in [0.25, 0.3) is 0 Å². The van der Waals surface area contributed by atoms with Crippen LogP contribution in [0.3, 0.4) is 0 Å². The number of nitrogens with zero attached hydrogens (tertiary/aromatic N) is 3. The van der Waals surface area contributed by atoms with Gasteiger partial charge in [-0.3, -0.25) is 4.99 Å². The third kappa shape index (κ3) is 7.31. The molecule has 2 unspecified atom stereocenters. The minimum absolute atomic E-state index is 0. The van der Waals surface area contributed by atoms with E-state index in [2.05, 4.69) is 78.6 Å². The molecule has 0 saturated carbocycles. The average molecular weight is 473 g/mol. The van der Waals surface area contributed by atoms with Crippen molar-refractivity contribution in [3.63, 3.8) is 0 Å². The number of anilines is 1. The minimum atomic E-state index is 0. The van der Waals surface area contributed by atoms with Gasteiger partial charge in [-0.2, -0.15) is 0 Å². The molecule has 1 saturated heterocycles. The van der Waals surface area contributed by atoms with Crippen molar-refractivity contribution < 1.29 is 0 Å². The first-order chi connectivity index (χ1) is 12.1. The quantitative estimate of drug-likeness (QED) is 0.346. The molecule has 1 aromatic rings. The average Bonchev–Trinajstić information content (AvgIpc) is 3.10. The van der Waals surface area contributed by atoms with E-state index in [-0.39, 0.29) is 24.0 Å². The van der Waals surface area contributed by atoms with Gasteiger partial charge in [-0.05, 0) is 45.9 Å². The lowest BCUT2D eigenvalue weighted by molar-refractivity contribution is 0.259. The van der Waals surface area contributed by atoms with E-state index in [0.717, 1.165) is 45.1 Å². The van der Waals surface area contributed by atoms with E-state index in [0.29, 0.717) is 12.1 Å². The second-order valence-corrected chi connectivity index (χ2v) is 6.91. The first-order valence-electron chi connectivity index (χ1n) is 9.69. The zero-order chi connectivity index (χ0) is 18.1. The molecular weight excluding hydrogens is 437 g/mol. The topological polar surface area (TPSA) is 42.9 Å². The first kappa shape index (κ1) is 23.0. The number of aliphatic imine (C=N–C) groups is 1. The highest BCUT2D eigenvalue weighted by atomic mass is 127. The summed E-state index contributed by atoms with van der Waals surface area (Å²) in [7, 11) is 2.18. The Kier molecular flexibility index (Phi) is 11.0. The minimum Gasteiger partial charge on any atom is -0.369 e. The van der Waals surface area contributed by atoms with Crippen LogP contribution in [0.1, 0.15) is 33.6 Å². The summed E-state index contributed by atoms with van der Waals surface area (Å²) in [4.78, 5) is 9.58. The molecule has 2 N–H and O–H groups in total. The van der Waals surface area contributed by atoms with Crippen LogP contribution < -0.4 is 15.5 Å². The molecule has 6 heteroatoms. The standard InChI is InChI=1S/C20H35N5.HI/c1-5-17(3)24(4)15-13-22-20(21-6-2)23-18-12-14-25(16-18)19-10-8-7-9-11-19;/h7-11,17-18H,5-6,12-16H2,1-4H3,(H2,21,22,23);1H. The zero-order valence-corrected chi connectivity index (χ0v) is 19.1. The van der Waals surface area contributed by atoms with Crippen LogP contribution in [0, 0.1) is 0 Å². The molecule has 148 valence electrons. The Bertz CT molecular complexity index is 522. The van der Waals surface area contributed by atoms with Crippen LogP contribution in [0.15, 0.2) is 35.3 Å². The Morgan fingerprint density at radius 3 is 2.69 bits per heavy atom. The van der Waals surface area contributed by atoms with Gasteiger partial charge >= 0.3 is 0 Å². The summed E-state index contributed by atoms with van der Waals surface area (Å²) in [6.45, 7) is 11.4. The molecule has 1 aromatic carbocycles. The van der Waals surface area contributed by atoms with Crippen LogP contribution in [0.2, 0.25) is 0 Å². The van der Waals surface area contributed by atoms with Gasteiger partial charge in [-0.25, -0.2) is 0 Å². The molecule has 1 fully saturated rings. The Balaban J connectivity index is 0.00000338. The molecule has 1 aliphatic rings. The number of hydrogen-bond acceptors (Lipinski definition) is 3. The van der Waals surface area contributed by atoms with Crippen LogP contribution in [-0.2, 0) is 0 Å². The van der Waals surface area contributed by atoms with Gasteiger partial charge in [-0.1, -0.05) is 25.1 Å². The van der Waals surface area contributed by atoms with Crippen molar-refractivity contribution >= 4 is 35.6 Å². The maximum atomic E-state index is 4.77. The van der Waals surface area contributed by atoms with Crippen molar-refractivity contribution in [2.45, 2.75) is 45.7 Å². The lowest BCUT2D eigenvalue weighted by atomic mass is 10.2. The fourth-order valence-electron chi connectivity index (χ4n) is 3.12. The molecule has 0 bridgehead atoms. The van der Waals surface area contributed by atoms with E-state index in [4.69, 9.17) is 4.99 Å². The molecular formula is C20H36IN5. The van der Waals surface area contributed by atoms with E-state index in [1.165, 1.54) is 12.1 Å². The normalized spacial score (nSPS) is 18.6. The van der Waals surface area contributed by atoms with Crippen LogP contribution in [0.4, 0.5) is 5.69 Å². The fourth-order valence-corrected chi connectivity index (χ4v) is 3.12. The van der Waals surface area contributed by atoms with Crippen molar-refractivity contribution in [1.29, 1.82) is 0 Å². The van der Waals surface area contributed by atoms with Crippen molar-refractivity contribution in [1.82, 2.24) is 15.5 Å². The zero-order valence-electron chi connectivity index (χ0n) is 16.7. The van der Waals surface area contributed by atoms with Crippen molar-refractivity contribution in [2.24, 2.45) is 4.99 Å². The molecule has 0 aliphatic carbocycles. The molecule has 0 amide bonds. The van der Waals surface area contributed by atoms with Gasteiger partial charge in [0, 0.05) is 44.0 Å². The van der Waals surface area contributed by atoms with Crippen LogP contribution >= 0.6 is 24.0 Å². The molecule has 2 atom stereocenters. The van der Waals surface area contributed by atoms with Gasteiger partial charge in [-0.15, -0.1) is 24.0 Å². The fraction of sp³-hybridized carbons (Fsp3) is 0.650. The van der Waals surface area contributed by atoms with Crippen LogP contribution in [-0.4, -0.2) is 62.7 Å². The number of benzene rings is 1. The number of rotatable bonds is 8. The number of para-hydroxylation sites is 1. The van der Waals surface area contributed by atoms with Crippen LogP contribution in [0.5, 0.6) is 0 Å². The molecule has 0 spiro atoms. The highest BCUT2D eigenvalue weighted by molar-refractivity contribution is 14.0. The molecule has 5 nitrogen and oxygen atoms in total. The van der Waals surface area contributed by atoms with Crippen molar-refractivity contribution in [3.05, 3.63) is 30.3 Å². The van der Waals surface area contributed by atoms with E-state index >= 15 is 0 Å². The third-order valence-electron chi connectivity index (χ3n) is 5.06. The first-order valence-corrected chi connectivity index (χ1v) is 9.69. The molecule has 0 aromatic heterocycles. The monoisotopic (exact) mass is 473 g/mol. The number of nitrogens with one attached hydrogen (secondary N) is 2. The predicted octanol–water partition coefficient (Wildman–Crippen LogP) is 3.17. The summed E-state index contributed by atoms with van der Waals surface area (Å²) in [5.74, 6) is 0.944. The summed E-state index contributed by atoms with van der Waals surface area (Å²) < 4.78 is 0. The van der Waals surface area contributed by atoms with Gasteiger partial charge in [0.15, 0.2) is 5.96 Å². The summed E-state index contributed by atoms with van der Waals surface area (Å²) >= 11 is 0. The lowest BCUT2D eigenvalue weighted by Gasteiger charge is -2.23. The SMILES string of the molecule is CCNC(=NCCN(C)C(C)CC)NC1CCN(c2ccccc2)C1.I. The Morgan fingerprint density at radius 2 is 2.04 bits per heavy atom. The van der Waals surface area contributed by atoms with E-state index in [1.807, 2.05) is 0 Å². The van der Waals surface area contributed by atoms with Gasteiger partial charge in [0.1, 0.15) is 0 Å². The van der Waals surface area contributed by atoms with E-state index in [1.54, 1.807) is 0 Å². The van der Waals surface area contributed by atoms with Gasteiger partial charge in [0.2, 0.25) is 0 Å². The molecule has 0 radical (unpaired) electrons. The molecule has 1 heterocycles. The Hall–Kier alpha value is -1.02. The number of likely N-dealkylation sites (N-methyl/N-ethyl adjacent to an activating group) is 1. The van der Waals surface area contributed by atoms with Crippen molar-refractivity contribution in [3.8, 4) is 0 Å². The predicted molar refractivity (Wildman–Crippen MR) is 124 cm³/mol. The molecule has 2 rings (SSSR count). The summed E-state index contributed by atoms with van der Waals surface area (Å²) in [6.07, 6.45) is 2.32. The summed E-state index contributed by atoms with van der Waals surface area (Å²) in [5, 5.41) is 7.00. The Labute approximate surface area is 176 Å². The second kappa shape index (κ2) is 12.4. The highest BCUT2D eigenvalue weighted by Crippen LogP contribution is 2.19. The maximum absolute atomic E-state index is 4.77. The number of halogens is 1. The highest BCUT2D eigenvalue weighted by Gasteiger charge is 2.23. The number of hydrogen-bond donors (Lipinski definition) is 2. The second-order valence-electron chi connectivity index (χ2n) is 6.91. The number of guanidine groups is 1. The van der Waals surface area contributed by atoms with E-state index in [9.17, 15) is 0 Å². The van der Waals surface area contributed by atoms with Crippen molar-refractivity contribution in [2.75, 3.05) is 44.7 Å². The van der Waals surface area contributed by atoms with Gasteiger partial charge in [0.05, 0.1) is 6.54 Å². The third-order valence-corrected chi connectivity index (χ3v) is 5.06. The summed E-state index contributed by atoms with van der Waals surface area (Å²) in [5.41, 5.74) is 1.31. The van der Waals surface area contributed by atoms with Gasteiger partial charge < -0.3 is 20.4 Å². The largest absolute Gasteiger partial charge is 0.369 e. The summed E-state index contributed by atoms with van der Waals surface area (Å²) in [6, 6.07) is 11.7. The molecule has 1 aliphatic heterocycles. The van der Waals surface area contributed by atoms with Crippen LogP contribution in [0.25, 0.3) is 0 Å². The lowest BCUT2D eigenvalue weighted by Crippen LogP contribution is -2.45. The van der Waals surface area contributed by atoms with E-state index < -0.39 is 0 Å².